The molecule has 0 aliphatic carbocycles. The molecule has 2 aromatic heterocycles. The van der Waals surface area contributed by atoms with Crippen LogP contribution in [0.2, 0.25) is 0 Å². The number of nitrogens with zero attached hydrogens (tertiary/aromatic N) is 4. The molecule has 0 atom stereocenters. The van der Waals surface area contributed by atoms with Gasteiger partial charge >= 0.3 is 0 Å². The highest BCUT2D eigenvalue weighted by Crippen LogP contribution is 2.19. The van der Waals surface area contributed by atoms with E-state index in [1.54, 1.807) is 23.2 Å². The number of benzene rings is 1. The molecule has 0 radical (unpaired) electrons. The van der Waals surface area contributed by atoms with Gasteiger partial charge in [-0.25, -0.2) is 4.68 Å². The van der Waals surface area contributed by atoms with Gasteiger partial charge in [-0.1, -0.05) is 17.7 Å². The SMILES string of the molecule is Cc1ccc(OCn2ccc(C(=O)N3CCN(Cc4ccco4)CC3)n2)c(C)c1. The fourth-order valence-corrected chi connectivity index (χ4v) is 3.54. The number of piperazine rings is 1. The van der Waals surface area contributed by atoms with Crippen LogP contribution in [-0.2, 0) is 13.3 Å². The minimum absolute atomic E-state index is 0.0343. The third-order valence-corrected chi connectivity index (χ3v) is 5.16. The van der Waals surface area contributed by atoms with Crippen LogP contribution in [0.4, 0.5) is 0 Å². The number of carbonyl (C=O) groups is 1. The average molecular weight is 394 g/mol. The van der Waals surface area contributed by atoms with E-state index in [4.69, 9.17) is 9.15 Å². The Morgan fingerprint density at radius 1 is 1.14 bits per heavy atom. The molecule has 0 N–H and O–H groups in total. The molecule has 1 aliphatic rings. The molecule has 0 unspecified atom stereocenters. The lowest BCUT2D eigenvalue weighted by atomic mass is 10.1. The standard InChI is InChI=1S/C22H26N4O3/c1-17-5-6-21(18(2)14-17)29-16-26-8-7-20(23-26)22(27)25-11-9-24(10-12-25)15-19-4-3-13-28-19/h3-8,13-14H,9-12,15-16H2,1-2H3. The van der Waals surface area contributed by atoms with Crippen LogP contribution in [0, 0.1) is 13.8 Å². The molecule has 1 aliphatic heterocycles. The zero-order valence-electron chi connectivity index (χ0n) is 16.9. The lowest BCUT2D eigenvalue weighted by Crippen LogP contribution is -2.48. The molecule has 1 fully saturated rings. The van der Waals surface area contributed by atoms with Crippen molar-refractivity contribution in [1.82, 2.24) is 19.6 Å². The van der Waals surface area contributed by atoms with Gasteiger partial charge in [0.15, 0.2) is 12.4 Å². The summed E-state index contributed by atoms with van der Waals surface area (Å²) in [5, 5.41) is 4.40. The first kappa shape index (κ1) is 19.3. The number of furan rings is 1. The van der Waals surface area contributed by atoms with Crippen LogP contribution in [0.25, 0.3) is 0 Å². The summed E-state index contributed by atoms with van der Waals surface area (Å²) < 4.78 is 12.9. The summed E-state index contributed by atoms with van der Waals surface area (Å²) in [5.74, 6) is 1.74. The second-order valence-corrected chi connectivity index (χ2v) is 7.43. The molecule has 152 valence electrons. The predicted molar refractivity (Wildman–Crippen MR) is 109 cm³/mol. The monoisotopic (exact) mass is 394 g/mol. The molecule has 7 nitrogen and oxygen atoms in total. The Hall–Kier alpha value is -3.06. The highest BCUT2D eigenvalue weighted by atomic mass is 16.5. The van der Waals surface area contributed by atoms with Crippen molar-refractivity contribution < 1.29 is 13.9 Å². The van der Waals surface area contributed by atoms with Gasteiger partial charge in [0.25, 0.3) is 5.91 Å². The number of hydrogen-bond donors (Lipinski definition) is 0. The largest absolute Gasteiger partial charge is 0.471 e. The molecule has 7 heteroatoms. The number of amides is 1. The fourth-order valence-electron chi connectivity index (χ4n) is 3.54. The van der Waals surface area contributed by atoms with Gasteiger partial charge in [0.2, 0.25) is 0 Å². The quantitative estimate of drug-likeness (QED) is 0.643. The zero-order valence-corrected chi connectivity index (χ0v) is 16.9. The van der Waals surface area contributed by atoms with Gasteiger partial charge in [0.05, 0.1) is 12.8 Å². The topological polar surface area (TPSA) is 63.7 Å². The van der Waals surface area contributed by atoms with E-state index in [-0.39, 0.29) is 12.6 Å². The van der Waals surface area contributed by atoms with E-state index >= 15 is 0 Å². The van der Waals surface area contributed by atoms with Crippen molar-refractivity contribution in [3.05, 3.63) is 71.4 Å². The maximum atomic E-state index is 12.8. The maximum absolute atomic E-state index is 12.8. The maximum Gasteiger partial charge on any atom is 0.274 e. The molecular weight excluding hydrogens is 368 g/mol. The summed E-state index contributed by atoms with van der Waals surface area (Å²) in [6.45, 7) is 8.14. The molecular formula is C22H26N4O3. The van der Waals surface area contributed by atoms with Crippen LogP contribution < -0.4 is 4.74 Å². The smallest absolute Gasteiger partial charge is 0.274 e. The minimum Gasteiger partial charge on any atom is -0.471 e. The van der Waals surface area contributed by atoms with Crippen LogP contribution in [0.5, 0.6) is 5.75 Å². The molecule has 4 rings (SSSR count). The fraction of sp³-hybridized carbons (Fsp3) is 0.364. The third-order valence-electron chi connectivity index (χ3n) is 5.16. The number of aromatic nitrogens is 2. The highest BCUT2D eigenvalue weighted by molar-refractivity contribution is 5.92. The first-order valence-electron chi connectivity index (χ1n) is 9.86. The zero-order chi connectivity index (χ0) is 20.2. The summed E-state index contributed by atoms with van der Waals surface area (Å²) in [6.07, 6.45) is 3.47. The molecule has 0 saturated carbocycles. The Morgan fingerprint density at radius 3 is 2.69 bits per heavy atom. The first-order chi connectivity index (χ1) is 14.1. The lowest BCUT2D eigenvalue weighted by molar-refractivity contribution is 0.0612. The van der Waals surface area contributed by atoms with Crippen LogP contribution >= 0.6 is 0 Å². The first-order valence-corrected chi connectivity index (χ1v) is 9.86. The summed E-state index contributed by atoms with van der Waals surface area (Å²) in [7, 11) is 0. The Labute approximate surface area is 170 Å². The molecule has 1 saturated heterocycles. The van der Waals surface area contributed by atoms with Gasteiger partial charge in [-0.3, -0.25) is 9.69 Å². The molecule has 0 bridgehead atoms. The van der Waals surface area contributed by atoms with E-state index in [9.17, 15) is 4.79 Å². The molecule has 29 heavy (non-hydrogen) atoms. The number of aryl methyl sites for hydroxylation is 2. The minimum atomic E-state index is -0.0343. The number of hydrogen-bond acceptors (Lipinski definition) is 5. The molecule has 3 heterocycles. The van der Waals surface area contributed by atoms with E-state index in [1.807, 2.05) is 36.1 Å². The van der Waals surface area contributed by atoms with E-state index in [0.29, 0.717) is 18.8 Å². The normalized spacial score (nSPS) is 14.9. The third kappa shape index (κ3) is 4.68. The second kappa shape index (κ2) is 8.53. The van der Waals surface area contributed by atoms with Crippen molar-refractivity contribution in [3.63, 3.8) is 0 Å². The highest BCUT2D eigenvalue weighted by Gasteiger charge is 2.24. The van der Waals surface area contributed by atoms with Gasteiger partial charge in [0, 0.05) is 32.4 Å². The van der Waals surface area contributed by atoms with Gasteiger partial charge in [0.1, 0.15) is 11.5 Å². The Bertz CT molecular complexity index is 956. The van der Waals surface area contributed by atoms with Crippen LogP contribution in [-0.4, -0.2) is 51.7 Å². The summed E-state index contributed by atoms with van der Waals surface area (Å²) in [6, 6.07) is 11.7. The van der Waals surface area contributed by atoms with Gasteiger partial charge < -0.3 is 14.1 Å². The van der Waals surface area contributed by atoms with Gasteiger partial charge in [-0.05, 0) is 43.7 Å². The van der Waals surface area contributed by atoms with Gasteiger partial charge in [-0.2, -0.15) is 5.10 Å². The Balaban J connectivity index is 1.29. The van der Waals surface area contributed by atoms with Crippen molar-refractivity contribution in [2.24, 2.45) is 0 Å². The van der Waals surface area contributed by atoms with Crippen LogP contribution in [0.3, 0.4) is 0 Å². The summed E-state index contributed by atoms with van der Waals surface area (Å²) in [4.78, 5) is 16.9. The molecule has 1 aromatic carbocycles. The van der Waals surface area contributed by atoms with Crippen LogP contribution in [0.1, 0.15) is 27.4 Å². The van der Waals surface area contributed by atoms with Crippen molar-refractivity contribution in [3.8, 4) is 5.75 Å². The lowest BCUT2D eigenvalue weighted by Gasteiger charge is -2.33. The predicted octanol–water partition coefficient (Wildman–Crippen LogP) is 3.09. The van der Waals surface area contributed by atoms with Crippen molar-refractivity contribution in [2.75, 3.05) is 26.2 Å². The van der Waals surface area contributed by atoms with Crippen molar-refractivity contribution >= 4 is 5.91 Å². The average Bonchev–Trinajstić information content (AvgIpc) is 3.39. The second-order valence-electron chi connectivity index (χ2n) is 7.43. The molecule has 0 spiro atoms. The Kier molecular flexibility index (Phi) is 5.67. The van der Waals surface area contributed by atoms with E-state index in [0.717, 1.165) is 36.7 Å². The van der Waals surface area contributed by atoms with Crippen molar-refractivity contribution in [1.29, 1.82) is 0 Å². The Morgan fingerprint density at radius 2 is 1.97 bits per heavy atom. The molecule has 3 aromatic rings. The van der Waals surface area contributed by atoms with E-state index < -0.39 is 0 Å². The van der Waals surface area contributed by atoms with E-state index in [1.165, 1.54) is 5.56 Å². The number of rotatable bonds is 6. The summed E-state index contributed by atoms with van der Waals surface area (Å²) in [5.41, 5.74) is 2.74. The van der Waals surface area contributed by atoms with Crippen LogP contribution in [0.15, 0.2) is 53.3 Å². The molecule has 1 amide bonds. The van der Waals surface area contributed by atoms with Crippen molar-refractivity contribution in [2.45, 2.75) is 27.1 Å². The van der Waals surface area contributed by atoms with Gasteiger partial charge in [-0.15, -0.1) is 0 Å². The number of carbonyl (C=O) groups excluding carboxylic acids is 1. The van der Waals surface area contributed by atoms with E-state index in [2.05, 4.69) is 23.0 Å². The summed E-state index contributed by atoms with van der Waals surface area (Å²) >= 11 is 0. The number of ether oxygens (including phenoxy) is 1.